The molecule has 0 fully saturated rings. The van der Waals surface area contributed by atoms with Crippen LogP contribution in [0.1, 0.15) is 6.42 Å². The van der Waals surface area contributed by atoms with Crippen LogP contribution in [0.25, 0.3) is 0 Å². The van der Waals surface area contributed by atoms with Gasteiger partial charge in [0, 0.05) is 32.4 Å². The monoisotopic (exact) mass is 273 g/mol. The van der Waals surface area contributed by atoms with Crippen molar-refractivity contribution >= 4 is 17.3 Å². The maximum Gasteiger partial charge on any atom is 0.119 e. The molecule has 1 atom stereocenters. The van der Waals surface area contributed by atoms with Crippen molar-refractivity contribution < 1.29 is 14.6 Å². The first-order valence-electron chi connectivity index (χ1n) is 5.96. The summed E-state index contributed by atoms with van der Waals surface area (Å²) in [7, 11) is 1.68. The van der Waals surface area contributed by atoms with Crippen molar-refractivity contribution in [2.45, 2.75) is 12.5 Å². The highest BCUT2D eigenvalue weighted by Gasteiger charge is 2.01. The summed E-state index contributed by atoms with van der Waals surface area (Å²) >= 11 is 5.51. The maximum absolute atomic E-state index is 9.31. The average molecular weight is 274 g/mol. The molecule has 5 heteroatoms. The molecule has 0 aliphatic carbocycles. The summed E-state index contributed by atoms with van der Waals surface area (Å²) in [5.41, 5.74) is 0.934. The Labute approximate surface area is 113 Å². The van der Waals surface area contributed by atoms with Crippen LogP contribution in [0.15, 0.2) is 24.3 Å². The van der Waals surface area contributed by atoms with E-state index in [4.69, 9.17) is 21.1 Å². The average Bonchev–Trinajstić information content (AvgIpc) is 2.42. The maximum atomic E-state index is 9.31. The minimum atomic E-state index is -0.531. The molecule has 2 N–H and O–H groups in total. The molecule has 0 aromatic heterocycles. The first kappa shape index (κ1) is 15.1. The molecule has 0 saturated heterocycles. The lowest BCUT2D eigenvalue weighted by molar-refractivity contribution is 0.172. The van der Waals surface area contributed by atoms with Gasteiger partial charge in [-0.15, -0.1) is 11.6 Å². The third kappa shape index (κ3) is 6.10. The number of aliphatic hydroxyl groups excluding tert-OH is 1. The van der Waals surface area contributed by atoms with E-state index in [9.17, 15) is 5.11 Å². The number of rotatable bonds is 9. The summed E-state index contributed by atoms with van der Waals surface area (Å²) in [5.74, 6) is 1.06. The molecule has 0 aliphatic heterocycles. The molecule has 0 aliphatic rings. The Balaban J connectivity index is 2.28. The number of halogens is 1. The van der Waals surface area contributed by atoms with Crippen molar-refractivity contribution in [1.82, 2.24) is 0 Å². The minimum absolute atomic E-state index is 0.230. The number of aliphatic hydroxyl groups is 1. The van der Waals surface area contributed by atoms with Gasteiger partial charge in [0.25, 0.3) is 0 Å². The summed E-state index contributed by atoms with van der Waals surface area (Å²) in [6.07, 6.45) is 0.343. The molecule has 0 spiro atoms. The molecule has 1 aromatic rings. The van der Waals surface area contributed by atoms with Crippen molar-refractivity contribution in [3.63, 3.8) is 0 Å². The van der Waals surface area contributed by atoms with Crippen LogP contribution in [0, 0.1) is 0 Å². The first-order valence-corrected chi connectivity index (χ1v) is 6.49. The van der Waals surface area contributed by atoms with Crippen molar-refractivity contribution in [1.29, 1.82) is 0 Å². The second kappa shape index (κ2) is 9.03. The van der Waals surface area contributed by atoms with Gasteiger partial charge in [-0.3, -0.25) is 0 Å². The predicted octanol–water partition coefficient (Wildman–Crippen LogP) is 2.11. The second-order valence-corrected chi connectivity index (χ2v) is 4.22. The molecule has 18 heavy (non-hydrogen) atoms. The van der Waals surface area contributed by atoms with E-state index in [2.05, 4.69) is 5.32 Å². The zero-order chi connectivity index (χ0) is 13.2. The van der Waals surface area contributed by atoms with Crippen LogP contribution in [-0.4, -0.2) is 44.0 Å². The Hall–Kier alpha value is -0.970. The van der Waals surface area contributed by atoms with Crippen LogP contribution < -0.4 is 10.1 Å². The molecule has 1 aromatic carbocycles. The van der Waals surface area contributed by atoms with E-state index in [-0.39, 0.29) is 5.88 Å². The Morgan fingerprint density at radius 1 is 1.28 bits per heavy atom. The van der Waals surface area contributed by atoms with Crippen molar-refractivity contribution in [3.05, 3.63) is 24.3 Å². The number of hydrogen-bond acceptors (Lipinski definition) is 4. The van der Waals surface area contributed by atoms with Gasteiger partial charge in [-0.2, -0.15) is 0 Å². The van der Waals surface area contributed by atoms with Gasteiger partial charge in [0.2, 0.25) is 0 Å². The summed E-state index contributed by atoms with van der Waals surface area (Å²) in [6, 6.07) is 7.60. The third-order valence-electron chi connectivity index (χ3n) is 2.34. The smallest absolute Gasteiger partial charge is 0.119 e. The quantitative estimate of drug-likeness (QED) is 0.534. The van der Waals surface area contributed by atoms with Gasteiger partial charge in [-0.1, -0.05) is 0 Å². The molecule has 0 saturated carbocycles. The number of hydrogen-bond donors (Lipinski definition) is 2. The highest BCUT2D eigenvalue weighted by molar-refractivity contribution is 6.18. The molecule has 0 amide bonds. The molecule has 1 rings (SSSR count). The summed E-state index contributed by atoms with van der Waals surface area (Å²) in [5, 5.41) is 12.4. The predicted molar refractivity (Wildman–Crippen MR) is 73.6 cm³/mol. The van der Waals surface area contributed by atoms with Gasteiger partial charge in [0.15, 0.2) is 0 Å². The van der Waals surface area contributed by atoms with Crippen LogP contribution in [0.5, 0.6) is 5.75 Å². The number of benzene rings is 1. The fraction of sp³-hybridized carbons (Fsp3) is 0.538. The minimum Gasteiger partial charge on any atom is -0.494 e. The van der Waals surface area contributed by atoms with Crippen LogP contribution >= 0.6 is 11.6 Å². The Morgan fingerprint density at radius 2 is 2.00 bits per heavy atom. The van der Waals surface area contributed by atoms with E-state index < -0.39 is 6.10 Å². The Bertz CT molecular complexity index is 319. The van der Waals surface area contributed by atoms with Gasteiger partial charge in [0.05, 0.1) is 18.6 Å². The number of methoxy groups -OCH3 is 1. The van der Waals surface area contributed by atoms with Gasteiger partial charge in [0.1, 0.15) is 5.75 Å². The van der Waals surface area contributed by atoms with Crippen molar-refractivity contribution in [2.75, 3.05) is 38.1 Å². The molecule has 0 radical (unpaired) electrons. The standard InChI is InChI=1S/C13H20ClNO3/c1-17-7-2-8-18-13-5-3-11(4-6-13)15-10-12(16)9-14/h3-6,12,15-16H,2,7-10H2,1H3. The molecular formula is C13H20ClNO3. The SMILES string of the molecule is COCCCOc1ccc(NCC(O)CCl)cc1. The summed E-state index contributed by atoms with van der Waals surface area (Å²) < 4.78 is 10.5. The Morgan fingerprint density at radius 3 is 2.61 bits per heavy atom. The normalized spacial score (nSPS) is 12.2. The third-order valence-corrected chi connectivity index (χ3v) is 2.69. The zero-order valence-corrected chi connectivity index (χ0v) is 11.3. The van der Waals surface area contributed by atoms with Crippen LogP contribution in [0.4, 0.5) is 5.69 Å². The summed E-state index contributed by atoms with van der Waals surface area (Å²) in [4.78, 5) is 0. The first-order chi connectivity index (χ1) is 8.76. The van der Waals surface area contributed by atoms with Crippen LogP contribution in [0.3, 0.4) is 0 Å². The highest BCUT2D eigenvalue weighted by atomic mass is 35.5. The zero-order valence-electron chi connectivity index (χ0n) is 10.6. The van der Waals surface area contributed by atoms with Gasteiger partial charge < -0.3 is 19.9 Å². The number of nitrogens with one attached hydrogen (secondary N) is 1. The van der Waals surface area contributed by atoms with Crippen LogP contribution in [0.2, 0.25) is 0 Å². The van der Waals surface area contributed by atoms with E-state index >= 15 is 0 Å². The summed E-state index contributed by atoms with van der Waals surface area (Å²) in [6.45, 7) is 1.79. The van der Waals surface area contributed by atoms with E-state index in [0.717, 1.165) is 17.9 Å². The molecule has 0 bridgehead atoms. The fourth-order valence-electron chi connectivity index (χ4n) is 1.35. The Kier molecular flexibility index (Phi) is 7.57. The molecule has 0 heterocycles. The molecular weight excluding hydrogens is 254 g/mol. The largest absolute Gasteiger partial charge is 0.494 e. The van der Waals surface area contributed by atoms with Crippen molar-refractivity contribution in [3.8, 4) is 5.75 Å². The van der Waals surface area contributed by atoms with Crippen LogP contribution in [-0.2, 0) is 4.74 Å². The lowest BCUT2D eigenvalue weighted by Gasteiger charge is -2.11. The lowest BCUT2D eigenvalue weighted by Crippen LogP contribution is -2.20. The van der Waals surface area contributed by atoms with E-state index in [0.29, 0.717) is 19.8 Å². The number of ether oxygens (including phenoxy) is 2. The fourth-order valence-corrected chi connectivity index (χ4v) is 1.46. The van der Waals surface area contributed by atoms with E-state index in [1.165, 1.54) is 0 Å². The van der Waals surface area contributed by atoms with E-state index in [1.54, 1.807) is 7.11 Å². The molecule has 1 unspecified atom stereocenters. The number of alkyl halides is 1. The van der Waals surface area contributed by atoms with Gasteiger partial charge in [-0.25, -0.2) is 0 Å². The molecule has 4 nitrogen and oxygen atoms in total. The highest BCUT2D eigenvalue weighted by Crippen LogP contribution is 2.15. The molecule has 102 valence electrons. The second-order valence-electron chi connectivity index (χ2n) is 3.91. The van der Waals surface area contributed by atoms with Crippen molar-refractivity contribution in [2.24, 2.45) is 0 Å². The van der Waals surface area contributed by atoms with Gasteiger partial charge >= 0.3 is 0 Å². The topological polar surface area (TPSA) is 50.7 Å². The number of anilines is 1. The lowest BCUT2D eigenvalue weighted by atomic mass is 10.3. The van der Waals surface area contributed by atoms with E-state index in [1.807, 2.05) is 24.3 Å². The van der Waals surface area contributed by atoms with Gasteiger partial charge in [-0.05, 0) is 24.3 Å².